The number of anilines is 2. The van der Waals surface area contributed by atoms with E-state index >= 15 is 0 Å². The van der Waals surface area contributed by atoms with Crippen LogP contribution in [0, 0.1) is 0 Å². The third-order valence-corrected chi connectivity index (χ3v) is 7.29. The summed E-state index contributed by atoms with van der Waals surface area (Å²) in [5.41, 5.74) is 9.20. The van der Waals surface area contributed by atoms with Crippen molar-refractivity contribution in [1.29, 1.82) is 0 Å². The molecule has 0 saturated heterocycles. The summed E-state index contributed by atoms with van der Waals surface area (Å²) in [4.78, 5) is 5.19. The first-order valence-electron chi connectivity index (χ1n) is 13.2. The van der Waals surface area contributed by atoms with Crippen molar-refractivity contribution in [1.82, 2.24) is 4.90 Å². The van der Waals surface area contributed by atoms with Gasteiger partial charge in [0.25, 0.3) is 0 Å². The number of fused-ring (bicyclic) bond motifs is 1. The summed E-state index contributed by atoms with van der Waals surface area (Å²) in [5, 5.41) is 0. The third kappa shape index (κ3) is 5.35. The van der Waals surface area contributed by atoms with Gasteiger partial charge in [-0.1, -0.05) is 121 Å². The van der Waals surface area contributed by atoms with Crippen LogP contribution in [0.25, 0.3) is 11.1 Å². The molecule has 5 aromatic rings. The second-order valence-corrected chi connectivity index (χ2v) is 9.91. The lowest BCUT2D eigenvalue weighted by Crippen LogP contribution is -2.40. The van der Waals surface area contributed by atoms with Gasteiger partial charge in [-0.25, -0.2) is 0 Å². The fraction of sp³-hybridized carbons (Fsp3) is 0.143. The van der Waals surface area contributed by atoms with E-state index < -0.39 is 0 Å². The molecule has 2 nitrogen and oxygen atoms in total. The Morgan fingerprint density at radius 3 is 1.86 bits per heavy atom. The molecular formula is C35H32N2. The summed E-state index contributed by atoms with van der Waals surface area (Å²) in [5.74, 6) is 0. The topological polar surface area (TPSA) is 6.48 Å². The molecule has 1 atom stereocenters. The highest BCUT2D eigenvalue weighted by Gasteiger charge is 2.29. The number of hydrogen-bond acceptors (Lipinski definition) is 2. The van der Waals surface area contributed by atoms with Crippen molar-refractivity contribution in [2.24, 2.45) is 0 Å². The maximum Gasteiger partial charge on any atom is 0.0509 e. The van der Waals surface area contributed by atoms with Crippen molar-refractivity contribution in [2.45, 2.75) is 25.6 Å². The van der Waals surface area contributed by atoms with Crippen LogP contribution in [0.1, 0.15) is 16.7 Å². The van der Waals surface area contributed by atoms with Crippen LogP contribution in [0.15, 0.2) is 140 Å². The van der Waals surface area contributed by atoms with E-state index in [9.17, 15) is 0 Å². The number of rotatable bonds is 6. The lowest BCUT2D eigenvalue weighted by atomic mass is 9.99. The minimum Gasteiger partial charge on any atom is -0.336 e. The Bertz CT molecular complexity index is 1410. The molecular weight excluding hydrogens is 448 g/mol. The van der Waals surface area contributed by atoms with Crippen molar-refractivity contribution in [2.75, 3.05) is 11.4 Å². The first-order chi connectivity index (χ1) is 18.3. The van der Waals surface area contributed by atoms with Gasteiger partial charge in [0.05, 0.1) is 6.04 Å². The smallest absolute Gasteiger partial charge is 0.0509 e. The second kappa shape index (κ2) is 10.9. The fourth-order valence-electron chi connectivity index (χ4n) is 5.55. The zero-order chi connectivity index (χ0) is 24.9. The molecule has 2 heteroatoms. The molecule has 0 aromatic heterocycles. The van der Waals surface area contributed by atoms with Crippen LogP contribution >= 0.6 is 0 Å². The van der Waals surface area contributed by atoms with Gasteiger partial charge in [-0.05, 0) is 52.4 Å². The Morgan fingerprint density at radius 1 is 0.541 bits per heavy atom. The summed E-state index contributed by atoms with van der Waals surface area (Å²) >= 11 is 0. The van der Waals surface area contributed by atoms with Crippen LogP contribution in [0.4, 0.5) is 11.4 Å². The molecule has 0 N–H and O–H groups in total. The van der Waals surface area contributed by atoms with E-state index in [2.05, 4.69) is 149 Å². The maximum atomic E-state index is 2.61. The Labute approximate surface area is 220 Å². The van der Waals surface area contributed by atoms with Crippen LogP contribution in [-0.4, -0.2) is 17.5 Å². The van der Waals surface area contributed by atoms with E-state index in [-0.39, 0.29) is 0 Å². The van der Waals surface area contributed by atoms with E-state index in [1.165, 1.54) is 39.2 Å². The molecule has 6 rings (SSSR count). The van der Waals surface area contributed by atoms with Crippen molar-refractivity contribution >= 4 is 11.4 Å². The molecule has 182 valence electrons. The van der Waals surface area contributed by atoms with Gasteiger partial charge < -0.3 is 4.90 Å². The van der Waals surface area contributed by atoms with Crippen LogP contribution in [-0.2, 0) is 19.5 Å². The number of nitrogens with zero attached hydrogens (tertiary/aromatic N) is 2. The molecule has 0 radical (unpaired) electrons. The van der Waals surface area contributed by atoms with Gasteiger partial charge in [0.15, 0.2) is 0 Å². The molecule has 1 aliphatic rings. The molecule has 0 fully saturated rings. The third-order valence-electron chi connectivity index (χ3n) is 7.29. The van der Waals surface area contributed by atoms with Crippen molar-refractivity contribution in [3.05, 3.63) is 156 Å². The Hall–Kier alpha value is -4.14. The SMILES string of the molecule is c1ccc(CN2Cc3ccccc3N(c3ccccc3)C(Cc3ccc(-c4ccccc4)cc3)C2)cc1. The molecule has 0 amide bonds. The quantitative estimate of drug-likeness (QED) is 0.242. The largest absolute Gasteiger partial charge is 0.336 e. The zero-order valence-corrected chi connectivity index (χ0v) is 21.1. The highest BCUT2D eigenvalue weighted by atomic mass is 15.2. The molecule has 1 aliphatic heterocycles. The standard InChI is InChI=1S/C35H32N2/c1-4-12-29(13-5-1)25-36-26-32-16-10-11-19-35(32)37(33-17-8-3-9-18-33)34(27-36)24-28-20-22-31(23-21-28)30-14-6-2-7-15-30/h1-23,34H,24-27H2. The van der Waals surface area contributed by atoms with Crippen molar-refractivity contribution in [3.8, 4) is 11.1 Å². The molecule has 1 unspecified atom stereocenters. The summed E-state index contributed by atoms with van der Waals surface area (Å²) in [6.07, 6.45) is 0.976. The molecule has 0 bridgehead atoms. The minimum atomic E-state index is 0.303. The summed E-state index contributed by atoms with van der Waals surface area (Å²) < 4.78 is 0. The summed E-state index contributed by atoms with van der Waals surface area (Å²) in [7, 11) is 0. The monoisotopic (exact) mass is 480 g/mol. The molecule has 0 saturated carbocycles. The van der Waals surface area contributed by atoms with Crippen LogP contribution < -0.4 is 4.90 Å². The minimum absolute atomic E-state index is 0.303. The lowest BCUT2D eigenvalue weighted by Gasteiger charge is -2.34. The van der Waals surface area contributed by atoms with Gasteiger partial charge in [-0.2, -0.15) is 0 Å². The number of hydrogen-bond donors (Lipinski definition) is 0. The Balaban J connectivity index is 1.36. The zero-order valence-electron chi connectivity index (χ0n) is 21.1. The van der Waals surface area contributed by atoms with Gasteiger partial charge in [0, 0.05) is 31.0 Å². The van der Waals surface area contributed by atoms with E-state index in [0.717, 1.165) is 26.1 Å². The van der Waals surface area contributed by atoms with E-state index in [1.807, 2.05) is 0 Å². The van der Waals surface area contributed by atoms with Crippen LogP contribution in [0.3, 0.4) is 0 Å². The highest BCUT2D eigenvalue weighted by Crippen LogP contribution is 2.36. The first-order valence-corrected chi connectivity index (χ1v) is 13.2. The van der Waals surface area contributed by atoms with E-state index in [0.29, 0.717) is 6.04 Å². The van der Waals surface area contributed by atoms with Gasteiger partial charge in [-0.15, -0.1) is 0 Å². The lowest BCUT2D eigenvalue weighted by molar-refractivity contribution is 0.246. The predicted molar refractivity (Wildman–Crippen MR) is 155 cm³/mol. The number of benzene rings is 5. The normalized spacial score (nSPS) is 15.7. The van der Waals surface area contributed by atoms with Crippen molar-refractivity contribution < 1.29 is 0 Å². The maximum absolute atomic E-state index is 2.61. The van der Waals surface area contributed by atoms with Crippen molar-refractivity contribution in [3.63, 3.8) is 0 Å². The highest BCUT2D eigenvalue weighted by molar-refractivity contribution is 5.68. The van der Waals surface area contributed by atoms with E-state index in [4.69, 9.17) is 0 Å². The molecule has 5 aromatic carbocycles. The van der Waals surface area contributed by atoms with Gasteiger partial charge in [0.2, 0.25) is 0 Å². The summed E-state index contributed by atoms with van der Waals surface area (Å²) in [6, 6.07) is 50.8. The Kier molecular flexibility index (Phi) is 6.83. The predicted octanol–water partition coefficient (Wildman–Crippen LogP) is 8.12. The summed E-state index contributed by atoms with van der Waals surface area (Å²) in [6.45, 7) is 2.87. The second-order valence-electron chi connectivity index (χ2n) is 9.91. The fourth-order valence-corrected chi connectivity index (χ4v) is 5.55. The van der Waals surface area contributed by atoms with Gasteiger partial charge >= 0.3 is 0 Å². The van der Waals surface area contributed by atoms with Gasteiger partial charge in [0.1, 0.15) is 0 Å². The van der Waals surface area contributed by atoms with Gasteiger partial charge in [-0.3, -0.25) is 4.90 Å². The molecule has 0 aliphatic carbocycles. The average Bonchev–Trinajstić information content (AvgIpc) is 3.11. The molecule has 0 spiro atoms. The molecule has 1 heterocycles. The van der Waals surface area contributed by atoms with Crippen LogP contribution in [0.5, 0.6) is 0 Å². The molecule has 37 heavy (non-hydrogen) atoms. The number of para-hydroxylation sites is 2. The van der Waals surface area contributed by atoms with E-state index in [1.54, 1.807) is 0 Å². The van der Waals surface area contributed by atoms with Crippen LogP contribution in [0.2, 0.25) is 0 Å². The Morgan fingerprint density at radius 2 is 1.14 bits per heavy atom. The first kappa shape index (κ1) is 23.3. The average molecular weight is 481 g/mol.